The van der Waals surface area contributed by atoms with Crippen molar-refractivity contribution >= 4 is 39.3 Å². The lowest BCUT2D eigenvalue weighted by atomic mass is 10.1. The van der Waals surface area contributed by atoms with Crippen LogP contribution < -0.4 is 20.7 Å². The fourth-order valence-electron chi connectivity index (χ4n) is 4.85. The molecule has 0 spiro atoms. The maximum Gasteiger partial charge on any atom is 0.241 e. The van der Waals surface area contributed by atoms with Crippen LogP contribution in [0.2, 0.25) is 0 Å². The zero-order valence-electron chi connectivity index (χ0n) is 20.1. The monoisotopic (exact) mass is 497 g/mol. The molecule has 5 aromatic rings. The molecule has 0 bridgehead atoms. The standard InChI is InChI=1S/C26H27N9O2/c27-21(10-18-11-28-13-29-18)26(36)34-17-7-6-16-3-1-5-22(20(16)9-17)37-12-19-4-2-8-35(19)25-23-24(31-14-30-23)32-15-33-25/h1,3,5-7,9,11,13-15,19,21H,2,4,8,10,12,27H2,(H,28,29)(H,34,36)(H,30,31,32,33). The first-order chi connectivity index (χ1) is 18.2. The van der Waals surface area contributed by atoms with Crippen LogP contribution in [0.4, 0.5) is 11.5 Å². The van der Waals surface area contributed by atoms with E-state index in [-0.39, 0.29) is 11.9 Å². The van der Waals surface area contributed by atoms with Crippen LogP contribution in [0.1, 0.15) is 18.5 Å². The fraction of sp³-hybridized carbons (Fsp3) is 0.269. The lowest BCUT2D eigenvalue weighted by Crippen LogP contribution is -2.37. The topological polar surface area (TPSA) is 151 Å². The van der Waals surface area contributed by atoms with Gasteiger partial charge in [-0.1, -0.05) is 18.2 Å². The third-order valence-corrected chi connectivity index (χ3v) is 6.72. The van der Waals surface area contributed by atoms with Crippen molar-refractivity contribution in [2.45, 2.75) is 31.3 Å². The molecule has 2 atom stereocenters. The first-order valence-electron chi connectivity index (χ1n) is 12.3. The number of H-pyrrole nitrogens is 2. The number of aromatic amines is 2. The van der Waals surface area contributed by atoms with Gasteiger partial charge in [0.25, 0.3) is 0 Å². The Morgan fingerprint density at radius 1 is 1.19 bits per heavy atom. The van der Waals surface area contributed by atoms with Gasteiger partial charge in [0, 0.05) is 35.9 Å². The van der Waals surface area contributed by atoms with Gasteiger partial charge in [0.1, 0.15) is 24.2 Å². The van der Waals surface area contributed by atoms with Crippen LogP contribution in [0.15, 0.2) is 61.6 Å². The van der Waals surface area contributed by atoms with E-state index in [9.17, 15) is 4.79 Å². The third kappa shape index (κ3) is 4.68. The van der Waals surface area contributed by atoms with Gasteiger partial charge in [-0.3, -0.25) is 4.79 Å². The van der Waals surface area contributed by atoms with E-state index in [1.54, 1.807) is 25.2 Å². The molecule has 2 unspecified atom stereocenters. The van der Waals surface area contributed by atoms with Gasteiger partial charge in [-0.2, -0.15) is 0 Å². The summed E-state index contributed by atoms with van der Waals surface area (Å²) in [6.07, 6.45) is 8.86. The summed E-state index contributed by atoms with van der Waals surface area (Å²) >= 11 is 0. The molecule has 0 saturated carbocycles. The number of anilines is 2. The summed E-state index contributed by atoms with van der Waals surface area (Å²) < 4.78 is 6.37. The minimum Gasteiger partial charge on any atom is -0.491 e. The highest BCUT2D eigenvalue weighted by atomic mass is 16.5. The van der Waals surface area contributed by atoms with E-state index >= 15 is 0 Å². The summed E-state index contributed by atoms with van der Waals surface area (Å²) in [7, 11) is 0. The van der Waals surface area contributed by atoms with Gasteiger partial charge in [-0.25, -0.2) is 19.9 Å². The first kappa shape index (κ1) is 22.9. The van der Waals surface area contributed by atoms with Crippen molar-refractivity contribution < 1.29 is 9.53 Å². The van der Waals surface area contributed by atoms with Crippen molar-refractivity contribution in [3.05, 3.63) is 67.3 Å². The quantitative estimate of drug-likeness (QED) is 0.255. The molecule has 5 N–H and O–H groups in total. The predicted molar refractivity (Wildman–Crippen MR) is 140 cm³/mol. The third-order valence-electron chi connectivity index (χ3n) is 6.72. The highest BCUT2D eigenvalue weighted by molar-refractivity contribution is 5.98. The lowest BCUT2D eigenvalue weighted by Gasteiger charge is -2.26. The van der Waals surface area contributed by atoms with Crippen LogP contribution in [0.3, 0.4) is 0 Å². The molecule has 0 radical (unpaired) electrons. The first-order valence-corrected chi connectivity index (χ1v) is 12.3. The molecule has 6 rings (SSSR count). The Bertz CT molecular complexity index is 1530. The summed E-state index contributed by atoms with van der Waals surface area (Å²) in [5.41, 5.74) is 9.07. The highest BCUT2D eigenvalue weighted by Crippen LogP contribution is 2.31. The maximum atomic E-state index is 12.7. The molecule has 1 aliphatic heterocycles. The molecule has 1 fully saturated rings. The van der Waals surface area contributed by atoms with E-state index in [0.29, 0.717) is 24.4 Å². The average molecular weight is 498 g/mol. The van der Waals surface area contributed by atoms with Crippen molar-refractivity contribution in [3.8, 4) is 5.75 Å². The van der Waals surface area contributed by atoms with Crippen molar-refractivity contribution in [2.75, 3.05) is 23.4 Å². The molecule has 37 heavy (non-hydrogen) atoms. The molecule has 2 aromatic carbocycles. The fourth-order valence-corrected chi connectivity index (χ4v) is 4.85. The van der Waals surface area contributed by atoms with E-state index in [1.807, 2.05) is 36.4 Å². The maximum absolute atomic E-state index is 12.7. The average Bonchev–Trinajstić information content (AvgIpc) is 3.69. The number of nitrogens with zero attached hydrogens (tertiary/aromatic N) is 5. The predicted octanol–water partition coefficient (Wildman–Crippen LogP) is 2.79. The summed E-state index contributed by atoms with van der Waals surface area (Å²) in [6.45, 7) is 1.40. The number of benzene rings is 2. The minimum atomic E-state index is -0.695. The number of fused-ring (bicyclic) bond motifs is 2. The van der Waals surface area contributed by atoms with Crippen LogP contribution in [-0.4, -0.2) is 61.0 Å². The summed E-state index contributed by atoms with van der Waals surface area (Å²) in [6, 6.07) is 11.2. The molecule has 11 nitrogen and oxygen atoms in total. The number of carbonyl (C=O) groups excluding carboxylic acids is 1. The van der Waals surface area contributed by atoms with Gasteiger partial charge >= 0.3 is 0 Å². The Morgan fingerprint density at radius 2 is 2.14 bits per heavy atom. The minimum absolute atomic E-state index is 0.167. The van der Waals surface area contributed by atoms with Gasteiger partial charge in [-0.15, -0.1) is 0 Å². The number of amides is 1. The number of hydrogen-bond acceptors (Lipinski definition) is 8. The molecule has 0 aliphatic carbocycles. The number of imidazole rings is 2. The second-order valence-electron chi connectivity index (χ2n) is 9.17. The molecular weight excluding hydrogens is 470 g/mol. The smallest absolute Gasteiger partial charge is 0.241 e. The van der Waals surface area contributed by atoms with E-state index in [4.69, 9.17) is 10.5 Å². The van der Waals surface area contributed by atoms with Crippen molar-refractivity contribution in [2.24, 2.45) is 5.73 Å². The number of rotatable bonds is 8. The lowest BCUT2D eigenvalue weighted by molar-refractivity contribution is -0.117. The van der Waals surface area contributed by atoms with Gasteiger partial charge in [0.15, 0.2) is 11.5 Å². The Kier molecular flexibility index (Phi) is 6.11. The molecule has 1 saturated heterocycles. The van der Waals surface area contributed by atoms with Crippen LogP contribution in [0, 0.1) is 0 Å². The Hall–Kier alpha value is -4.51. The van der Waals surface area contributed by atoms with Gasteiger partial charge in [0.05, 0.1) is 24.7 Å². The zero-order chi connectivity index (χ0) is 25.2. The SMILES string of the molecule is NC(Cc1cnc[nH]1)C(=O)Nc1ccc2cccc(OCC3CCCN3c3ncnc4nc[nH]c34)c2c1. The van der Waals surface area contributed by atoms with Gasteiger partial charge in [0.2, 0.25) is 5.91 Å². The zero-order valence-corrected chi connectivity index (χ0v) is 20.1. The summed E-state index contributed by atoms with van der Waals surface area (Å²) in [5, 5.41) is 4.87. The molecule has 1 amide bonds. The van der Waals surface area contributed by atoms with Gasteiger partial charge in [-0.05, 0) is 36.4 Å². The van der Waals surface area contributed by atoms with Crippen LogP contribution >= 0.6 is 0 Å². The normalized spacial score (nSPS) is 16.4. The summed E-state index contributed by atoms with van der Waals surface area (Å²) in [4.78, 5) is 38.1. The van der Waals surface area contributed by atoms with Crippen LogP contribution in [0.25, 0.3) is 21.9 Å². The number of carbonyl (C=O) groups is 1. The van der Waals surface area contributed by atoms with Crippen molar-refractivity contribution in [1.82, 2.24) is 29.9 Å². The number of aromatic nitrogens is 6. The Labute approximate surface area is 212 Å². The van der Waals surface area contributed by atoms with E-state index in [0.717, 1.165) is 52.9 Å². The Balaban J connectivity index is 1.18. The molecule has 11 heteroatoms. The van der Waals surface area contributed by atoms with E-state index in [2.05, 4.69) is 40.1 Å². The largest absolute Gasteiger partial charge is 0.491 e. The Morgan fingerprint density at radius 3 is 3.03 bits per heavy atom. The number of ether oxygens (including phenoxy) is 1. The molecular formula is C26H27N9O2. The van der Waals surface area contributed by atoms with Crippen molar-refractivity contribution in [3.63, 3.8) is 0 Å². The van der Waals surface area contributed by atoms with Crippen LogP contribution in [0.5, 0.6) is 5.75 Å². The molecule has 1 aliphatic rings. The second kappa shape index (κ2) is 9.86. The van der Waals surface area contributed by atoms with Crippen molar-refractivity contribution in [1.29, 1.82) is 0 Å². The van der Waals surface area contributed by atoms with Crippen LogP contribution in [-0.2, 0) is 11.2 Å². The number of nitrogens with one attached hydrogen (secondary N) is 3. The highest BCUT2D eigenvalue weighted by Gasteiger charge is 2.28. The van der Waals surface area contributed by atoms with E-state index in [1.165, 1.54) is 0 Å². The second-order valence-corrected chi connectivity index (χ2v) is 9.17. The number of nitrogens with two attached hydrogens (primary N) is 1. The molecule has 188 valence electrons. The van der Waals surface area contributed by atoms with Gasteiger partial charge < -0.3 is 30.7 Å². The summed E-state index contributed by atoms with van der Waals surface area (Å²) in [5.74, 6) is 1.35. The molecule has 3 aromatic heterocycles. The van der Waals surface area contributed by atoms with E-state index < -0.39 is 6.04 Å². The molecule has 4 heterocycles. The number of hydrogen-bond donors (Lipinski definition) is 4.